The number of rotatable bonds is 8. The molecule has 202 valence electrons. The number of aliphatic hydroxyl groups is 1. The van der Waals surface area contributed by atoms with Gasteiger partial charge in [0.25, 0.3) is 5.91 Å². The van der Waals surface area contributed by atoms with Gasteiger partial charge in [0.2, 0.25) is 10.0 Å². The van der Waals surface area contributed by atoms with Crippen molar-refractivity contribution in [3.8, 4) is 11.5 Å². The molecule has 37 heavy (non-hydrogen) atoms. The van der Waals surface area contributed by atoms with E-state index in [1.54, 1.807) is 61.4 Å². The van der Waals surface area contributed by atoms with Crippen molar-refractivity contribution < 1.29 is 32.6 Å². The lowest BCUT2D eigenvalue weighted by atomic mass is 9.99. The number of ether oxygens (including phenoxy) is 2. The number of likely N-dealkylation sites (N-methyl/N-ethyl adjacent to an activating group) is 1. The van der Waals surface area contributed by atoms with E-state index in [-0.39, 0.29) is 48.5 Å². The molecular formula is C25H34N4O7S. The van der Waals surface area contributed by atoms with Gasteiger partial charge in [-0.25, -0.2) is 17.5 Å². The van der Waals surface area contributed by atoms with Crippen LogP contribution in [0.4, 0.5) is 16.2 Å². The van der Waals surface area contributed by atoms with Gasteiger partial charge in [-0.2, -0.15) is 0 Å². The maximum absolute atomic E-state index is 13.5. The summed E-state index contributed by atoms with van der Waals surface area (Å²) in [5.41, 5.74) is 0.967. The lowest BCUT2D eigenvalue weighted by Crippen LogP contribution is -2.50. The van der Waals surface area contributed by atoms with Crippen LogP contribution in [0.2, 0.25) is 0 Å². The Morgan fingerprint density at radius 1 is 1.24 bits per heavy atom. The highest BCUT2D eigenvalue weighted by Gasteiger charge is 2.35. The van der Waals surface area contributed by atoms with Crippen LogP contribution in [-0.4, -0.2) is 86.9 Å². The van der Waals surface area contributed by atoms with Crippen LogP contribution in [0.3, 0.4) is 0 Å². The number of anilines is 2. The SMILES string of the molecule is COc1ccc(NC(=O)Nc2cccc3c2O[C@@H](CN(C)S(C)(=O)=O)[C@H](C)CN([C@H](C)CO)C3=O)cc1. The third kappa shape index (κ3) is 6.90. The van der Waals surface area contributed by atoms with Crippen molar-refractivity contribution in [2.45, 2.75) is 26.0 Å². The van der Waals surface area contributed by atoms with Crippen molar-refractivity contribution in [2.75, 3.05) is 50.7 Å². The van der Waals surface area contributed by atoms with E-state index in [1.807, 2.05) is 6.92 Å². The number of hydrogen-bond acceptors (Lipinski definition) is 7. The van der Waals surface area contributed by atoms with Crippen molar-refractivity contribution in [3.63, 3.8) is 0 Å². The van der Waals surface area contributed by atoms with Crippen molar-refractivity contribution in [2.24, 2.45) is 5.92 Å². The van der Waals surface area contributed by atoms with Crippen LogP contribution in [0.1, 0.15) is 24.2 Å². The first-order valence-electron chi connectivity index (χ1n) is 11.8. The quantitative estimate of drug-likeness (QED) is 0.473. The standard InChI is InChI=1S/C25H34N4O7S/c1-16-13-29(17(2)15-30)24(31)20-7-6-8-21(23(20)36-22(16)14-28(3)37(5,33)34)27-25(32)26-18-9-11-19(35-4)12-10-18/h6-12,16-17,22,30H,13-15H2,1-5H3,(H2,26,27,32)/t16-,17-,22+/m1/s1. The molecule has 1 aliphatic rings. The van der Waals surface area contributed by atoms with Crippen LogP contribution in [0, 0.1) is 5.92 Å². The fourth-order valence-corrected chi connectivity index (χ4v) is 4.33. The number of para-hydroxylation sites is 1. The lowest BCUT2D eigenvalue weighted by molar-refractivity contribution is 0.0389. The summed E-state index contributed by atoms with van der Waals surface area (Å²) in [6, 6.07) is 10.5. The second-order valence-corrected chi connectivity index (χ2v) is 11.2. The van der Waals surface area contributed by atoms with Gasteiger partial charge in [-0.1, -0.05) is 13.0 Å². The lowest BCUT2D eigenvalue weighted by Gasteiger charge is -2.38. The van der Waals surface area contributed by atoms with E-state index in [1.165, 1.54) is 11.4 Å². The van der Waals surface area contributed by atoms with Crippen LogP contribution in [0.5, 0.6) is 11.5 Å². The van der Waals surface area contributed by atoms with E-state index in [9.17, 15) is 23.1 Å². The molecule has 0 bridgehead atoms. The van der Waals surface area contributed by atoms with Crippen molar-refractivity contribution >= 4 is 33.3 Å². The zero-order valence-corrected chi connectivity index (χ0v) is 22.4. The van der Waals surface area contributed by atoms with Gasteiger partial charge >= 0.3 is 6.03 Å². The van der Waals surface area contributed by atoms with Crippen LogP contribution < -0.4 is 20.1 Å². The molecule has 1 aliphatic heterocycles. The highest BCUT2D eigenvalue weighted by Crippen LogP contribution is 2.35. The second kappa shape index (κ2) is 11.8. The minimum Gasteiger partial charge on any atom is -0.497 e. The molecule has 0 aromatic heterocycles. The number of urea groups is 1. The Hall–Kier alpha value is -3.35. The zero-order valence-electron chi connectivity index (χ0n) is 21.6. The van der Waals surface area contributed by atoms with Crippen LogP contribution in [0.25, 0.3) is 0 Å². The third-order valence-corrected chi connectivity index (χ3v) is 7.57. The highest BCUT2D eigenvalue weighted by molar-refractivity contribution is 7.88. The normalized spacial score (nSPS) is 18.8. The topological polar surface area (TPSA) is 138 Å². The van der Waals surface area contributed by atoms with E-state index in [2.05, 4.69) is 10.6 Å². The van der Waals surface area contributed by atoms with Gasteiger partial charge in [-0.15, -0.1) is 0 Å². The average molecular weight is 535 g/mol. The molecule has 2 aromatic rings. The van der Waals surface area contributed by atoms with Crippen LogP contribution in [-0.2, 0) is 10.0 Å². The molecule has 3 atom stereocenters. The molecule has 2 aromatic carbocycles. The largest absolute Gasteiger partial charge is 0.497 e. The van der Waals surface area contributed by atoms with Crippen molar-refractivity contribution in [1.29, 1.82) is 0 Å². The summed E-state index contributed by atoms with van der Waals surface area (Å²) in [7, 11) is -0.493. The average Bonchev–Trinajstić information content (AvgIpc) is 2.85. The van der Waals surface area contributed by atoms with Crippen LogP contribution >= 0.6 is 0 Å². The second-order valence-electron chi connectivity index (χ2n) is 9.16. The number of methoxy groups -OCH3 is 1. The third-order valence-electron chi connectivity index (χ3n) is 6.29. The summed E-state index contributed by atoms with van der Waals surface area (Å²) in [5, 5.41) is 15.2. The molecule has 3 N–H and O–H groups in total. The van der Waals surface area contributed by atoms with Gasteiger partial charge in [0, 0.05) is 25.2 Å². The number of hydrogen-bond donors (Lipinski definition) is 3. The molecule has 0 saturated heterocycles. The highest BCUT2D eigenvalue weighted by atomic mass is 32.2. The molecule has 0 radical (unpaired) electrons. The number of carbonyl (C=O) groups is 2. The number of benzene rings is 2. The number of aliphatic hydroxyl groups excluding tert-OH is 1. The molecule has 0 aliphatic carbocycles. The number of carbonyl (C=O) groups excluding carboxylic acids is 2. The maximum Gasteiger partial charge on any atom is 0.323 e. The minimum absolute atomic E-state index is 0.0291. The molecule has 11 nitrogen and oxygen atoms in total. The first-order valence-corrected chi connectivity index (χ1v) is 13.6. The van der Waals surface area contributed by atoms with E-state index in [0.717, 1.165) is 6.26 Å². The molecule has 3 amide bonds. The fourth-order valence-electron chi connectivity index (χ4n) is 3.91. The Morgan fingerprint density at radius 3 is 2.51 bits per heavy atom. The van der Waals surface area contributed by atoms with E-state index < -0.39 is 28.2 Å². The minimum atomic E-state index is -3.49. The van der Waals surface area contributed by atoms with Crippen molar-refractivity contribution in [1.82, 2.24) is 9.21 Å². The number of sulfonamides is 1. The summed E-state index contributed by atoms with van der Waals surface area (Å²) in [6.07, 6.45) is 0.460. The fraction of sp³-hybridized carbons (Fsp3) is 0.440. The van der Waals surface area contributed by atoms with E-state index in [0.29, 0.717) is 11.4 Å². The summed E-state index contributed by atoms with van der Waals surface area (Å²) in [5.74, 6) is 0.114. The van der Waals surface area contributed by atoms with Gasteiger partial charge in [-0.05, 0) is 43.3 Å². The number of amides is 3. The molecule has 0 fully saturated rings. The van der Waals surface area contributed by atoms with Crippen molar-refractivity contribution in [3.05, 3.63) is 48.0 Å². The first-order chi connectivity index (χ1) is 17.4. The summed E-state index contributed by atoms with van der Waals surface area (Å²) < 4.78 is 36.8. The molecule has 0 spiro atoms. The van der Waals surface area contributed by atoms with E-state index >= 15 is 0 Å². The molecule has 0 unspecified atom stereocenters. The Labute approximate surface area is 217 Å². The predicted molar refractivity (Wildman–Crippen MR) is 141 cm³/mol. The molecule has 12 heteroatoms. The molecule has 0 saturated carbocycles. The number of nitrogens with one attached hydrogen (secondary N) is 2. The molecule has 3 rings (SSSR count). The smallest absolute Gasteiger partial charge is 0.323 e. The van der Waals surface area contributed by atoms with Gasteiger partial charge in [-0.3, -0.25) is 4.79 Å². The van der Waals surface area contributed by atoms with Gasteiger partial charge < -0.3 is 30.1 Å². The van der Waals surface area contributed by atoms with Crippen LogP contribution in [0.15, 0.2) is 42.5 Å². The van der Waals surface area contributed by atoms with Gasteiger partial charge in [0.1, 0.15) is 11.9 Å². The number of fused-ring (bicyclic) bond motifs is 1. The maximum atomic E-state index is 13.5. The Bertz CT molecular complexity index is 1220. The number of nitrogens with zero attached hydrogens (tertiary/aromatic N) is 2. The monoisotopic (exact) mass is 534 g/mol. The summed E-state index contributed by atoms with van der Waals surface area (Å²) >= 11 is 0. The van der Waals surface area contributed by atoms with E-state index in [4.69, 9.17) is 9.47 Å². The molecule has 1 heterocycles. The summed E-state index contributed by atoms with van der Waals surface area (Å²) in [4.78, 5) is 27.9. The zero-order chi connectivity index (χ0) is 27.3. The first kappa shape index (κ1) is 28.2. The predicted octanol–water partition coefficient (Wildman–Crippen LogP) is 2.45. The Morgan fingerprint density at radius 2 is 1.92 bits per heavy atom. The molecular weight excluding hydrogens is 500 g/mol. The Balaban J connectivity index is 1.97. The van der Waals surface area contributed by atoms with Gasteiger partial charge in [0.15, 0.2) is 5.75 Å². The summed E-state index contributed by atoms with van der Waals surface area (Å²) in [6.45, 7) is 3.61. The Kier molecular flexibility index (Phi) is 9.00. The van der Waals surface area contributed by atoms with Gasteiger partial charge in [0.05, 0.1) is 43.8 Å².